The number of rotatable bonds is 7. The summed E-state index contributed by atoms with van der Waals surface area (Å²) in [5.41, 5.74) is 0.458. The molecule has 1 saturated heterocycles. The van der Waals surface area contributed by atoms with Gasteiger partial charge in [-0.15, -0.1) is 0 Å². The molecule has 0 aromatic heterocycles. The summed E-state index contributed by atoms with van der Waals surface area (Å²) in [6.45, 7) is 13.0. The van der Waals surface area contributed by atoms with Gasteiger partial charge in [0.05, 0.1) is 0 Å². The van der Waals surface area contributed by atoms with Gasteiger partial charge in [0, 0.05) is 11.6 Å². The van der Waals surface area contributed by atoms with Crippen LogP contribution in [0.4, 0.5) is 0 Å². The van der Waals surface area contributed by atoms with Gasteiger partial charge < -0.3 is 5.32 Å². The zero-order valence-corrected chi connectivity index (χ0v) is 11.7. The van der Waals surface area contributed by atoms with Crippen LogP contribution in [-0.2, 0) is 0 Å². The van der Waals surface area contributed by atoms with Gasteiger partial charge in [-0.1, -0.05) is 13.8 Å². The number of hydrogen-bond acceptors (Lipinski definition) is 2. The first-order valence-electron chi connectivity index (χ1n) is 7.08. The lowest BCUT2D eigenvalue weighted by atomic mass is 10.0. The Morgan fingerprint density at radius 2 is 2.06 bits per heavy atom. The van der Waals surface area contributed by atoms with Crippen molar-refractivity contribution >= 4 is 0 Å². The molecule has 1 atom stereocenters. The molecule has 1 rings (SSSR count). The van der Waals surface area contributed by atoms with Crippen LogP contribution in [0.3, 0.4) is 0 Å². The molecule has 0 aliphatic carbocycles. The van der Waals surface area contributed by atoms with Crippen molar-refractivity contribution in [2.75, 3.05) is 19.6 Å². The third-order valence-electron chi connectivity index (χ3n) is 4.04. The maximum atomic E-state index is 3.56. The fourth-order valence-corrected chi connectivity index (χ4v) is 2.85. The molecular weight excluding hydrogens is 196 g/mol. The smallest absolute Gasteiger partial charge is 0.0153 e. The molecule has 1 heterocycles. The lowest BCUT2D eigenvalue weighted by molar-refractivity contribution is 0.169. The molecule has 1 unspecified atom stereocenters. The Bertz CT molecular complexity index is 189. The number of nitrogens with one attached hydrogen (secondary N) is 1. The Morgan fingerprint density at radius 3 is 2.56 bits per heavy atom. The molecule has 2 heteroatoms. The minimum Gasteiger partial charge on any atom is -0.314 e. The third kappa shape index (κ3) is 4.06. The molecule has 0 amide bonds. The average molecular weight is 226 g/mol. The molecule has 1 N–H and O–H groups in total. The topological polar surface area (TPSA) is 15.3 Å². The highest BCUT2D eigenvalue weighted by Gasteiger charge is 2.30. The molecule has 0 aromatic carbocycles. The second-order valence-electron chi connectivity index (χ2n) is 5.71. The first-order chi connectivity index (χ1) is 7.60. The van der Waals surface area contributed by atoms with Crippen LogP contribution >= 0.6 is 0 Å². The number of likely N-dealkylation sites (tertiary alicyclic amines) is 1. The zero-order valence-electron chi connectivity index (χ0n) is 11.7. The first kappa shape index (κ1) is 14.0. The van der Waals surface area contributed by atoms with Crippen molar-refractivity contribution in [2.24, 2.45) is 0 Å². The van der Waals surface area contributed by atoms with Gasteiger partial charge >= 0.3 is 0 Å². The summed E-state index contributed by atoms with van der Waals surface area (Å²) < 4.78 is 0. The quantitative estimate of drug-likeness (QED) is 0.718. The summed E-state index contributed by atoms with van der Waals surface area (Å²) >= 11 is 0. The molecule has 0 saturated carbocycles. The molecule has 2 nitrogen and oxygen atoms in total. The lowest BCUT2D eigenvalue weighted by Crippen LogP contribution is -2.39. The predicted octanol–water partition coefficient (Wildman–Crippen LogP) is 3.03. The van der Waals surface area contributed by atoms with Crippen LogP contribution in [0.15, 0.2) is 0 Å². The summed E-state index contributed by atoms with van der Waals surface area (Å²) in [6, 6.07) is 0.732. The summed E-state index contributed by atoms with van der Waals surface area (Å²) in [5, 5.41) is 3.56. The second kappa shape index (κ2) is 6.61. The Kier molecular flexibility index (Phi) is 5.77. The largest absolute Gasteiger partial charge is 0.314 e. The van der Waals surface area contributed by atoms with Crippen LogP contribution in [-0.4, -0.2) is 36.1 Å². The van der Waals surface area contributed by atoms with E-state index in [1.165, 1.54) is 45.2 Å². The van der Waals surface area contributed by atoms with Crippen LogP contribution in [0.1, 0.15) is 59.8 Å². The van der Waals surface area contributed by atoms with Gasteiger partial charge in [0.2, 0.25) is 0 Å². The minimum absolute atomic E-state index is 0.458. The molecule has 96 valence electrons. The van der Waals surface area contributed by atoms with E-state index in [0.29, 0.717) is 5.54 Å². The van der Waals surface area contributed by atoms with Crippen molar-refractivity contribution in [1.29, 1.82) is 0 Å². The van der Waals surface area contributed by atoms with E-state index in [1.807, 2.05) is 0 Å². The molecule has 0 radical (unpaired) electrons. The van der Waals surface area contributed by atoms with E-state index in [2.05, 4.69) is 37.9 Å². The summed E-state index contributed by atoms with van der Waals surface area (Å²) in [5.74, 6) is 0. The van der Waals surface area contributed by atoms with E-state index in [9.17, 15) is 0 Å². The standard InChI is InChI=1S/C14H30N2/c1-5-13(15-6-2)9-7-11-16-12-8-10-14(16,3)4/h13,15H,5-12H2,1-4H3. The second-order valence-corrected chi connectivity index (χ2v) is 5.71. The fourth-order valence-electron chi connectivity index (χ4n) is 2.85. The van der Waals surface area contributed by atoms with Crippen molar-refractivity contribution in [1.82, 2.24) is 10.2 Å². The predicted molar refractivity (Wildman–Crippen MR) is 71.9 cm³/mol. The van der Waals surface area contributed by atoms with Crippen LogP contribution in [0, 0.1) is 0 Å². The molecule has 0 bridgehead atoms. The zero-order chi connectivity index (χ0) is 12.0. The van der Waals surface area contributed by atoms with Crippen molar-refractivity contribution in [3.05, 3.63) is 0 Å². The molecular formula is C14H30N2. The van der Waals surface area contributed by atoms with E-state index in [1.54, 1.807) is 0 Å². The van der Waals surface area contributed by atoms with Gasteiger partial charge in [0.15, 0.2) is 0 Å². The average Bonchev–Trinajstić information content (AvgIpc) is 2.57. The summed E-state index contributed by atoms with van der Waals surface area (Å²) in [6.07, 6.45) is 6.69. The third-order valence-corrected chi connectivity index (χ3v) is 4.04. The van der Waals surface area contributed by atoms with Crippen LogP contribution < -0.4 is 5.32 Å². The van der Waals surface area contributed by atoms with E-state index >= 15 is 0 Å². The van der Waals surface area contributed by atoms with Crippen LogP contribution in [0.2, 0.25) is 0 Å². The van der Waals surface area contributed by atoms with Crippen molar-refractivity contribution < 1.29 is 0 Å². The van der Waals surface area contributed by atoms with Gasteiger partial charge in [-0.2, -0.15) is 0 Å². The van der Waals surface area contributed by atoms with Crippen molar-refractivity contribution in [3.8, 4) is 0 Å². The Hall–Kier alpha value is -0.0800. The SMILES string of the molecule is CCNC(CC)CCCN1CCCC1(C)C. The Morgan fingerprint density at radius 1 is 1.31 bits per heavy atom. The first-order valence-corrected chi connectivity index (χ1v) is 7.08. The van der Waals surface area contributed by atoms with Gasteiger partial charge in [-0.3, -0.25) is 4.90 Å². The van der Waals surface area contributed by atoms with E-state index < -0.39 is 0 Å². The van der Waals surface area contributed by atoms with Crippen LogP contribution in [0.5, 0.6) is 0 Å². The van der Waals surface area contributed by atoms with E-state index in [4.69, 9.17) is 0 Å². The summed E-state index contributed by atoms with van der Waals surface area (Å²) in [4.78, 5) is 2.67. The van der Waals surface area contributed by atoms with E-state index in [0.717, 1.165) is 12.6 Å². The molecule has 1 fully saturated rings. The van der Waals surface area contributed by atoms with Gasteiger partial charge in [0.1, 0.15) is 0 Å². The maximum absolute atomic E-state index is 3.56. The number of hydrogen-bond donors (Lipinski definition) is 1. The molecule has 1 aliphatic rings. The lowest BCUT2D eigenvalue weighted by Gasteiger charge is -2.32. The Balaban J connectivity index is 2.19. The number of nitrogens with zero attached hydrogens (tertiary/aromatic N) is 1. The van der Waals surface area contributed by atoms with Gasteiger partial charge in [-0.25, -0.2) is 0 Å². The molecule has 0 aromatic rings. The monoisotopic (exact) mass is 226 g/mol. The molecule has 1 aliphatic heterocycles. The molecule has 16 heavy (non-hydrogen) atoms. The minimum atomic E-state index is 0.458. The highest BCUT2D eigenvalue weighted by atomic mass is 15.2. The highest BCUT2D eigenvalue weighted by Crippen LogP contribution is 2.28. The maximum Gasteiger partial charge on any atom is 0.0153 e. The van der Waals surface area contributed by atoms with Crippen LogP contribution in [0.25, 0.3) is 0 Å². The Labute approximate surface area is 102 Å². The molecule has 0 spiro atoms. The van der Waals surface area contributed by atoms with Gasteiger partial charge in [0.25, 0.3) is 0 Å². The summed E-state index contributed by atoms with van der Waals surface area (Å²) in [7, 11) is 0. The van der Waals surface area contributed by atoms with Crippen molar-refractivity contribution in [3.63, 3.8) is 0 Å². The van der Waals surface area contributed by atoms with E-state index in [-0.39, 0.29) is 0 Å². The van der Waals surface area contributed by atoms with Gasteiger partial charge in [-0.05, 0) is 65.6 Å². The highest BCUT2D eigenvalue weighted by molar-refractivity contribution is 4.87. The van der Waals surface area contributed by atoms with Crippen molar-refractivity contribution in [2.45, 2.75) is 71.4 Å². The fraction of sp³-hybridized carbons (Fsp3) is 1.00. The normalized spacial score (nSPS) is 22.5.